The van der Waals surface area contributed by atoms with Gasteiger partial charge >= 0.3 is 0 Å². The van der Waals surface area contributed by atoms with Crippen LogP contribution in [0.15, 0.2) is 96.0 Å². The molecule has 72 heavy (non-hydrogen) atoms. The highest BCUT2D eigenvalue weighted by atomic mass is 16.5. The first-order chi connectivity index (χ1) is 34.7. The van der Waals surface area contributed by atoms with Gasteiger partial charge in [-0.3, -0.25) is 33.9 Å². The molecule has 3 heterocycles. The van der Waals surface area contributed by atoms with Gasteiger partial charge < -0.3 is 49.9 Å². The average Bonchev–Trinajstić information content (AvgIpc) is 3.95. The summed E-state index contributed by atoms with van der Waals surface area (Å²) >= 11 is 0. The lowest BCUT2D eigenvalue weighted by Crippen LogP contribution is -2.50. The Hall–Kier alpha value is -8.21. The lowest BCUT2D eigenvalue weighted by Gasteiger charge is -2.22. The van der Waals surface area contributed by atoms with Crippen LogP contribution in [0.5, 0.6) is 23.0 Å². The van der Waals surface area contributed by atoms with Crippen molar-refractivity contribution in [2.75, 3.05) is 48.2 Å². The van der Waals surface area contributed by atoms with Crippen LogP contribution in [0.4, 0.5) is 28.4 Å². The minimum absolute atomic E-state index is 0.0128. The molecule has 0 aromatic heterocycles. The van der Waals surface area contributed by atoms with Gasteiger partial charge in [0.25, 0.3) is 11.8 Å². The van der Waals surface area contributed by atoms with E-state index in [1.807, 2.05) is 54.6 Å². The summed E-state index contributed by atoms with van der Waals surface area (Å²) in [6.45, 7) is 5.08. The number of ether oxygens (including phenoxy) is 4. The number of carbonyl (C=O) groups is 6. The fourth-order valence-electron chi connectivity index (χ4n) is 9.12. The Labute approximate surface area is 418 Å². The van der Waals surface area contributed by atoms with E-state index in [-0.39, 0.29) is 49.2 Å². The van der Waals surface area contributed by atoms with Crippen LogP contribution in [-0.2, 0) is 45.2 Å². The smallest absolute Gasteiger partial charge is 0.261 e. The van der Waals surface area contributed by atoms with Crippen molar-refractivity contribution in [1.82, 2.24) is 10.6 Å². The zero-order valence-corrected chi connectivity index (χ0v) is 41.3. The SMILES string of the molecule is CNc1cc(OCc2cc(COc3cc4c(cc3OC)C(=O)N3c5ccccc5CC3C=N4)cc(NC(=O)C(C)NC(=O)[C@H](C)NC(=O)CCCCC(C)=O)c2)c(OC)cc1C(=O)N1CCc2ccccc21. The molecule has 0 saturated heterocycles. The van der Waals surface area contributed by atoms with Gasteiger partial charge in [0.2, 0.25) is 17.7 Å². The van der Waals surface area contributed by atoms with Crippen LogP contribution in [0.3, 0.4) is 0 Å². The van der Waals surface area contributed by atoms with Crippen molar-refractivity contribution < 1.29 is 47.7 Å². The van der Waals surface area contributed by atoms with Crippen molar-refractivity contribution in [2.24, 2.45) is 4.99 Å². The summed E-state index contributed by atoms with van der Waals surface area (Å²) in [5.74, 6) is -0.399. The van der Waals surface area contributed by atoms with E-state index in [4.69, 9.17) is 23.9 Å². The summed E-state index contributed by atoms with van der Waals surface area (Å²) in [4.78, 5) is 86.9. The monoisotopic (exact) mass is 977 g/mol. The van der Waals surface area contributed by atoms with Gasteiger partial charge in [-0.15, -0.1) is 0 Å². The number of anilines is 4. The van der Waals surface area contributed by atoms with Crippen LogP contribution in [0, 0.1) is 0 Å². The second-order valence-electron chi connectivity index (χ2n) is 18.0. The molecular formula is C55H59N7O10. The Kier molecular flexibility index (Phi) is 15.5. The Morgan fingerprint density at radius 3 is 2.07 bits per heavy atom. The number of carbonyl (C=O) groups excluding carboxylic acids is 6. The van der Waals surface area contributed by atoms with Gasteiger partial charge in [-0.05, 0) is 105 Å². The maximum absolute atomic E-state index is 14.1. The largest absolute Gasteiger partial charge is 0.493 e. The molecule has 0 radical (unpaired) electrons. The summed E-state index contributed by atoms with van der Waals surface area (Å²) in [5.41, 5.74) is 7.25. The van der Waals surface area contributed by atoms with Crippen molar-refractivity contribution in [3.8, 4) is 23.0 Å². The van der Waals surface area contributed by atoms with Gasteiger partial charge in [0.15, 0.2) is 23.0 Å². The Morgan fingerprint density at radius 1 is 0.736 bits per heavy atom. The number of rotatable bonds is 20. The van der Waals surface area contributed by atoms with E-state index in [1.54, 1.807) is 59.5 Å². The molecule has 17 heteroatoms. The van der Waals surface area contributed by atoms with Crippen molar-refractivity contribution >= 4 is 70.0 Å². The first-order valence-corrected chi connectivity index (χ1v) is 24.0. The number of nitrogens with zero attached hydrogens (tertiary/aromatic N) is 3. The number of Topliss-reactive ketones (excluding diaryl/α,β-unsaturated/α-hetero) is 1. The molecule has 3 aliphatic heterocycles. The number of amides is 5. The molecule has 8 rings (SSSR count). The first-order valence-electron chi connectivity index (χ1n) is 24.0. The van der Waals surface area contributed by atoms with Crippen LogP contribution in [0.1, 0.15) is 89.4 Å². The van der Waals surface area contributed by atoms with Crippen molar-refractivity contribution in [1.29, 1.82) is 0 Å². The number of ketones is 1. The number of hydrogen-bond donors (Lipinski definition) is 4. The highest BCUT2D eigenvalue weighted by Crippen LogP contribution is 2.42. The summed E-state index contributed by atoms with van der Waals surface area (Å²) < 4.78 is 24.3. The molecule has 0 fully saturated rings. The number of unbranched alkanes of at least 4 members (excludes halogenated alkanes) is 1. The predicted octanol–water partition coefficient (Wildman–Crippen LogP) is 7.49. The number of nitrogens with one attached hydrogen (secondary N) is 4. The number of aliphatic imine (C=N–C) groups is 1. The predicted molar refractivity (Wildman–Crippen MR) is 274 cm³/mol. The molecule has 2 unspecified atom stereocenters. The third kappa shape index (κ3) is 11.2. The standard InChI is InChI=1S/C55H59N7O10/c1-32(63)13-7-12-18-51(64)58-33(2)52(65)59-34(3)53(66)60-39-22-35(30-71-49-27-43(56-4)41(25-47(49)69-5)54(67)61-20-19-37-14-8-10-16-45(37)61)21-36(23-39)31-72-50-28-44-42(26-48(50)70-6)55(68)62-40(29-57-44)24-38-15-9-11-17-46(38)62/h8-11,14-17,21-23,25-29,33-34,40,56H,7,12-13,18-20,24,30-31H2,1-6H3,(H,58,64)(H,59,65)(H,60,66)/t33-,34?,40?/m0/s1. The molecule has 0 aliphatic carbocycles. The maximum atomic E-state index is 14.1. The van der Waals surface area contributed by atoms with Crippen LogP contribution in [0.2, 0.25) is 0 Å². The minimum Gasteiger partial charge on any atom is -0.493 e. The lowest BCUT2D eigenvalue weighted by atomic mass is 10.1. The number of methoxy groups -OCH3 is 2. The van der Waals surface area contributed by atoms with Crippen molar-refractivity contribution in [3.05, 3.63) is 124 Å². The van der Waals surface area contributed by atoms with E-state index in [0.717, 1.165) is 28.9 Å². The quantitative estimate of drug-likeness (QED) is 0.0562. The molecule has 5 aromatic carbocycles. The number of hydrogen-bond acceptors (Lipinski definition) is 12. The zero-order valence-electron chi connectivity index (χ0n) is 41.3. The van der Waals surface area contributed by atoms with Crippen molar-refractivity contribution in [2.45, 2.75) is 90.6 Å². The van der Waals surface area contributed by atoms with E-state index < -0.39 is 23.9 Å². The normalized spacial score (nSPS) is 14.9. The highest BCUT2D eigenvalue weighted by molar-refractivity contribution is 6.15. The summed E-state index contributed by atoms with van der Waals surface area (Å²) in [7, 11) is 4.72. The zero-order chi connectivity index (χ0) is 51.1. The molecule has 5 amide bonds. The molecule has 3 aliphatic rings. The summed E-state index contributed by atoms with van der Waals surface area (Å²) in [6, 6.07) is 25.5. The van der Waals surface area contributed by atoms with E-state index in [9.17, 15) is 28.8 Å². The van der Waals surface area contributed by atoms with Crippen LogP contribution in [-0.4, -0.2) is 87.5 Å². The molecule has 0 bridgehead atoms. The average molecular weight is 978 g/mol. The number of benzene rings is 5. The first kappa shape index (κ1) is 50.2. The summed E-state index contributed by atoms with van der Waals surface area (Å²) in [6.07, 6.45) is 4.82. The van der Waals surface area contributed by atoms with Crippen molar-refractivity contribution in [3.63, 3.8) is 0 Å². The molecule has 4 N–H and O–H groups in total. The second-order valence-corrected chi connectivity index (χ2v) is 18.0. The van der Waals surface area contributed by atoms with E-state index in [1.165, 1.54) is 35.0 Å². The van der Waals surface area contributed by atoms with E-state index >= 15 is 0 Å². The van der Waals surface area contributed by atoms with E-state index in [0.29, 0.717) is 94.5 Å². The van der Waals surface area contributed by atoms with Gasteiger partial charge in [0, 0.05) is 68.3 Å². The molecule has 374 valence electrons. The third-order valence-electron chi connectivity index (χ3n) is 12.9. The van der Waals surface area contributed by atoms with Gasteiger partial charge in [-0.1, -0.05) is 36.4 Å². The molecule has 5 aromatic rings. The minimum atomic E-state index is -1.01. The van der Waals surface area contributed by atoms with E-state index in [2.05, 4.69) is 21.3 Å². The second kappa shape index (κ2) is 22.3. The fourth-order valence-corrected chi connectivity index (χ4v) is 9.12. The topological polar surface area (TPSA) is 206 Å². The Morgan fingerprint density at radius 2 is 1.38 bits per heavy atom. The van der Waals surface area contributed by atoms with Gasteiger partial charge in [0.05, 0.1) is 42.8 Å². The third-order valence-corrected chi connectivity index (χ3v) is 12.9. The number of fused-ring (bicyclic) bond motifs is 5. The molecule has 0 saturated carbocycles. The number of para-hydroxylation sites is 2. The molecule has 3 atom stereocenters. The Bertz CT molecular complexity index is 2950. The van der Waals surface area contributed by atoms with Crippen LogP contribution in [0.25, 0.3) is 0 Å². The maximum Gasteiger partial charge on any atom is 0.261 e. The van der Waals surface area contributed by atoms with Gasteiger partial charge in [-0.2, -0.15) is 0 Å². The highest BCUT2D eigenvalue weighted by Gasteiger charge is 2.37. The fraction of sp³-hybridized carbons (Fsp3) is 0.327. The lowest BCUT2D eigenvalue weighted by molar-refractivity contribution is -0.130. The molecule has 0 spiro atoms. The van der Waals surface area contributed by atoms with Crippen LogP contribution < -0.4 is 50.0 Å². The van der Waals surface area contributed by atoms with Gasteiger partial charge in [0.1, 0.15) is 31.1 Å². The summed E-state index contributed by atoms with van der Waals surface area (Å²) in [5, 5.41) is 11.4. The molecule has 17 nitrogen and oxygen atoms in total. The Balaban J connectivity index is 1.01. The van der Waals surface area contributed by atoms with Gasteiger partial charge in [-0.25, -0.2) is 0 Å². The van der Waals surface area contributed by atoms with Crippen LogP contribution >= 0.6 is 0 Å². The molecular weight excluding hydrogens is 919 g/mol.